The fraction of sp³-hybridized carbons (Fsp3) is 0.130. The molecule has 1 atom stereocenters. The van der Waals surface area contributed by atoms with Crippen LogP contribution in [0.4, 0.5) is 0 Å². The van der Waals surface area contributed by atoms with Gasteiger partial charge in [0.1, 0.15) is 0 Å². The van der Waals surface area contributed by atoms with Gasteiger partial charge in [0.15, 0.2) is 5.65 Å². The second kappa shape index (κ2) is 6.81. The monoisotopic (exact) mass is 397 g/mol. The Hall–Kier alpha value is -4.00. The number of nitrogens with zero attached hydrogens (tertiary/aromatic N) is 4. The molecule has 0 aliphatic heterocycles. The summed E-state index contributed by atoms with van der Waals surface area (Å²) in [7, 11) is 0. The highest BCUT2D eigenvalue weighted by atomic mass is 16.1. The van der Waals surface area contributed by atoms with Gasteiger partial charge >= 0.3 is 0 Å². The van der Waals surface area contributed by atoms with Gasteiger partial charge in [-0.05, 0) is 25.5 Å². The number of H-pyrrole nitrogens is 1. The lowest BCUT2D eigenvalue weighted by Gasteiger charge is -2.14. The fourth-order valence-corrected chi connectivity index (χ4v) is 3.84. The van der Waals surface area contributed by atoms with Gasteiger partial charge in [0, 0.05) is 22.7 Å². The molecular formula is C23H19N5O2. The van der Waals surface area contributed by atoms with Crippen molar-refractivity contribution in [1.29, 1.82) is 0 Å². The molecule has 2 aromatic carbocycles. The molecule has 148 valence electrons. The topological polar surface area (TPSA) is 85.0 Å². The molecule has 0 bridgehead atoms. The first-order valence-electron chi connectivity index (χ1n) is 9.69. The second-order valence-electron chi connectivity index (χ2n) is 7.31. The molecule has 1 unspecified atom stereocenters. The highest BCUT2D eigenvalue weighted by molar-refractivity contribution is 5.81. The minimum Gasteiger partial charge on any atom is -0.293 e. The van der Waals surface area contributed by atoms with Crippen LogP contribution < -0.4 is 11.1 Å². The molecule has 5 aromatic rings. The Bertz CT molecular complexity index is 1510. The van der Waals surface area contributed by atoms with Crippen molar-refractivity contribution < 1.29 is 0 Å². The molecule has 0 aliphatic carbocycles. The van der Waals surface area contributed by atoms with Crippen LogP contribution in [0.1, 0.15) is 24.4 Å². The van der Waals surface area contributed by atoms with E-state index in [-0.39, 0.29) is 11.1 Å². The standard InChI is InChI=1S/C23H19N5O2/c1-14-21(16-8-4-3-5-9-16)22-25-19(12-20(29)28(22)26-14)15(2)27-23(30)18-11-7-6-10-17(18)13-24-27/h3-13,15,26H,1-2H3. The third-order valence-corrected chi connectivity index (χ3v) is 5.39. The maximum Gasteiger partial charge on any atom is 0.275 e. The van der Waals surface area contributed by atoms with Crippen molar-refractivity contribution in [2.45, 2.75) is 19.9 Å². The molecule has 3 heterocycles. The van der Waals surface area contributed by atoms with Crippen molar-refractivity contribution >= 4 is 16.4 Å². The van der Waals surface area contributed by atoms with E-state index in [9.17, 15) is 9.59 Å². The molecule has 7 nitrogen and oxygen atoms in total. The van der Waals surface area contributed by atoms with Crippen LogP contribution in [0.5, 0.6) is 0 Å². The average molecular weight is 397 g/mol. The van der Waals surface area contributed by atoms with Gasteiger partial charge in [-0.3, -0.25) is 14.7 Å². The van der Waals surface area contributed by atoms with Crippen LogP contribution in [0.3, 0.4) is 0 Å². The number of aryl methyl sites for hydroxylation is 1. The van der Waals surface area contributed by atoms with Gasteiger partial charge in [-0.25, -0.2) is 14.2 Å². The second-order valence-corrected chi connectivity index (χ2v) is 7.31. The zero-order valence-electron chi connectivity index (χ0n) is 16.5. The van der Waals surface area contributed by atoms with Gasteiger partial charge in [-0.2, -0.15) is 5.10 Å². The molecule has 5 rings (SSSR count). The molecule has 0 radical (unpaired) electrons. The number of aromatic nitrogens is 5. The zero-order valence-corrected chi connectivity index (χ0v) is 16.5. The summed E-state index contributed by atoms with van der Waals surface area (Å²) in [5.41, 5.74) is 3.24. The van der Waals surface area contributed by atoms with Gasteiger partial charge in [-0.1, -0.05) is 48.5 Å². The molecule has 1 N–H and O–H groups in total. The summed E-state index contributed by atoms with van der Waals surface area (Å²) >= 11 is 0. The summed E-state index contributed by atoms with van der Waals surface area (Å²) < 4.78 is 2.81. The molecule has 0 saturated carbocycles. The van der Waals surface area contributed by atoms with Crippen molar-refractivity contribution in [2.24, 2.45) is 0 Å². The minimum atomic E-state index is -0.501. The van der Waals surface area contributed by atoms with E-state index in [1.54, 1.807) is 12.3 Å². The van der Waals surface area contributed by atoms with Crippen molar-refractivity contribution in [3.8, 4) is 11.1 Å². The van der Waals surface area contributed by atoms with Gasteiger partial charge in [0.05, 0.1) is 23.3 Å². The molecule has 0 saturated heterocycles. The molecule has 0 aliphatic rings. The summed E-state index contributed by atoms with van der Waals surface area (Å²) in [5.74, 6) is 0. The van der Waals surface area contributed by atoms with Gasteiger partial charge in [-0.15, -0.1) is 0 Å². The number of aromatic amines is 1. The number of hydrogen-bond acceptors (Lipinski definition) is 4. The molecule has 0 amide bonds. The Morgan fingerprint density at radius 1 is 1.00 bits per heavy atom. The molecule has 0 spiro atoms. The Morgan fingerprint density at radius 2 is 1.73 bits per heavy atom. The number of benzene rings is 2. The summed E-state index contributed by atoms with van der Waals surface area (Å²) in [6, 6.07) is 18.1. The lowest BCUT2D eigenvalue weighted by Crippen LogP contribution is -2.28. The summed E-state index contributed by atoms with van der Waals surface area (Å²) in [6.45, 7) is 3.73. The van der Waals surface area contributed by atoms with Crippen molar-refractivity contribution in [3.63, 3.8) is 0 Å². The maximum absolute atomic E-state index is 13.0. The van der Waals surface area contributed by atoms with Gasteiger partial charge < -0.3 is 0 Å². The van der Waals surface area contributed by atoms with E-state index in [0.717, 1.165) is 22.2 Å². The largest absolute Gasteiger partial charge is 0.293 e. The first-order valence-corrected chi connectivity index (χ1v) is 9.69. The van der Waals surface area contributed by atoms with E-state index < -0.39 is 6.04 Å². The summed E-state index contributed by atoms with van der Waals surface area (Å²) in [6.07, 6.45) is 1.66. The van der Waals surface area contributed by atoms with Crippen LogP contribution in [0, 0.1) is 6.92 Å². The number of hydrogen-bond donors (Lipinski definition) is 1. The van der Waals surface area contributed by atoms with E-state index in [4.69, 9.17) is 4.98 Å². The summed E-state index contributed by atoms with van der Waals surface area (Å²) in [4.78, 5) is 30.5. The maximum atomic E-state index is 13.0. The van der Waals surface area contributed by atoms with E-state index in [1.807, 2.05) is 62.4 Å². The first kappa shape index (κ1) is 18.1. The van der Waals surface area contributed by atoms with Gasteiger partial charge in [0.25, 0.3) is 11.1 Å². The Labute approximate surface area is 171 Å². The predicted octanol–water partition coefficient (Wildman–Crippen LogP) is 3.32. The molecule has 7 heteroatoms. The van der Waals surface area contributed by atoms with Crippen LogP contribution in [0.25, 0.3) is 27.5 Å². The van der Waals surface area contributed by atoms with Gasteiger partial charge in [0.2, 0.25) is 0 Å². The highest BCUT2D eigenvalue weighted by Gasteiger charge is 2.19. The van der Waals surface area contributed by atoms with Crippen LogP contribution in [0.2, 0.25) is 0 Å². The molecule has 3 aromatic heterocycles. The molecule has 0 fully saturated rings. The third-order valence-electron chi connectivity index (χ3n) is 5.39. The first-order chi connectivity index (χ1) is 14.5. The van der Waals surface area contributed by atoms with E-state index >= 15 is 0 Å². The van der Waals surface area contributed by atoms with E-state index in [1.165, 1.54) is 15.3 Å². The van der Waals surface area contributed by atoms with Crippen molar-refractivity contribution in [1.82, 2.24) is 24.4 Å². The lowest BCUT2D eigenvalue weighted by atomic mass is 10.1. The number of rotatable bonds is 3. The SMILES string of the molecule is Cc1[nH]n2c(=O)cc(C(C)n3ncc4ccccc4c3=O)nc2c1-c1ccccc1. The average Bonchev–Trinajstić information content (AvgIpc) is 3.11. The van der Waals surface area contributed by atoms with Crippen LogP contribution in [0.15, 0.2) is 76.4 Å². The summed E-state index contributed by atoms with van der Waals surface area (Å²) in [5, 5.41) is 8.78. The predicted molar refractivity (Wildman–Crippen MR) is 116 cm³/mol. The van der Waals surface area contributed by atoms with Crippen LogP contribution in [-0.2, 0) is 0 Å². The minimum absolute atomic E-state index is 0.212. The lowest BCUT2D eigenvalue weighted by molar-refractivity contribution is 0.524. The smallest absolute Gasteiger partial charge is 0.275 e. The van der Waals surface area contributed by atoms with E-state index in [0.29, 0.717) is 16.7 Å². The fourth-order valence-electron chi connectivity index (χ4n) is 3.84. The molecular weight excluding hydrogens is 378 g/mol. The van der Waals surface area contributed by atoms with Crippen molar-refractivity contribution in [3.05, 3.63) is 99.0 Å². The van der Waals surface area contributed by atoms with Crippen LogP contribution in [-0.4, -0.2) is 24.4 Å². The van der Waals surface area contributed by atoms with Crippen LogP contribution >= 0.6 is 0 Å². The number of fused-ring (bicyclic) bond motifs is 2. The highest BCUT2D eigenvalue weighted by Crippen LogP contribution is 2.27. The zero-order chi connectivity index (χ0) is 20.8. The Balaban J connectivity index is 1.71. The Kier molecular flexibility index (Phi) is 4.10. The Morgan fingerprint density at radius 3 is 2.53 bits per heavy atom. The molecule has 30 heavy (non-hydrogen) atoms. The normalized spacial score (nSPS) is 12.5. The quantitative estimate of drug-likeness (QED) is 0.506. The number of nitrogens with one attached hydrogen (secondary N) is 1. The van der Waals surface area contributed by atoms with Crippen molar-refractivity contribution in [2.75, 3.05) is 0 Å². The van der Waals surface area contributed by atoms with E-state index in [2.05, 4.69) is 10.2 Å². The third kappa shape index (κ3) is 2.75.